The highest BCUT2D eigenvalue weighted by atomic mass is 16.5. The second kappa shape index (κ2) is 16.1. The summed E-state index contributed by atoms with van der Waals surface area (Å²) in [6.45, 7) is 3.08. The minimum Gasteiger partial charge on any atom is -0.494 e. The molecule has 0 saturated heterocycles. The molecule has 0 fully saturated rings. The van der Waals surface area contributed by atoms with Gasteiger partial charge in [-0.05, 0) is 48.9 Å². The van der Waals surface area contributed by atoms with E-state index < -0.39 is 0 Å². The number of ether oxygens (including phenoxy) is 1. The van der Waals surface area contributed by atoms with E-state index in [4.69, 9.17) is 4.74 Å². The molecule has 4 heteroatoms. The molecule has 0 unspecified atom stereocenters. The quantitative estimate of drug-likeness (QED) is 0.178. The normalized spacial score (nSPS) is 11.1. The fourth-order valence-electron chi connectivity index (χ4n) is 4.30. The third kappa shape index (κ3) is 9.70. The summed E-state index contributed by atoms with van der Waals surface area (Å²) in [5.74, 6) is 1.75. The van der Waals surface area contributed by atoms with Gasteiger partial charge in [-0.3, -0.25) is 0 Å². The average molecular weight is 462 g/mol. The number of rotatable bonds is 18. The first-order chi connectivity index (χ1) is 16.9. The van der Waals surface area contributed by atoms with Gasteiger partial charge in [-0.25, -0.2) is 9.67 Å². The van der Waals surface area contributed by atoms with Crippen LogP contribution in [0, 0.1) is 0 Å². The summed E-state index contributed by atoms with van der Waals surface area (Å²) in [6, 6.07) is 16.1. The summed E-state index contributed by atoms with van der Waals surface area (Å²) < 4.78 is 7.74. The fourth-order valence-corrected chi connectivity index (χ4v) is 4.30. The smallest absolute Gasteiger partial charge is 0.153 e. The Balaban J connectivity index is 1.20. The Hall–Kier alpha value is -2.62. The second-order valence-electron chi connectivity index (χ2n) is 9.30. The van der Waals surface area contributed by atoms with Crippen LogP contribution in [0.5, 0.6) is 5.75 Å². The predicted molar refractivity (Wildman–Crippen MR) is 143 cm³/mol. The van der Waals surface area contributed by atoms with Gasteiger partial charge in [0.15, 0.2) is 5.82 Å². The summed E-state index contributed by atoms with van der Waals surface area (Å²) in [5.41, 5.74) is 2.02. The van der Waals surface area contributed by atoms with Crippen molar-refractivity contribution in [1.82, 2.24) is 14.8 Å². The predicted octanol–water partition coefficient (Wildman–Crippen LogP) is 8.79. The first-order valence-corrected chi connectivity index (χ1v) is 13.6. The van der Waals surface area contributed by atoms with Crippen molar-refractivity contribution in [3.63, 3.8) is 0 Å². The van der Waals surface area contributed by atoms with Crippen LogP contribution in [0.3, 0.4) is 0 Å². The third-order valence-electron chi connectivity index (χ3n) is 6.39. The molecule has 3 rings (SSSR count). The maximum Gasteiger partial charge on any atom is 0.153 e. The largest absolute Gasteiger partial charge is 0.494 e. The Labute approximate surface area is 206 Å². The molecule has 1 aromatic carbocycles. The van der Waals surface area contributed by atoms with E-state index in [-0.39, 0.29) is 0 Å². The van der Waals surface area contributed by atoms with Crippen molar-refractivity contribution in [3.05, 3.63) is 60.9 Å². The van der Waals surface area contributed by atoms with Crippen LogP contribution in [0.25, 0.3) is 17.1 Å². The summed E-state index contributed by atoms with van der Waals surface area (Å²) in [4.78, 5) is 4.34. The lowest BCUT2D eigenvalue weighted by Gasteiger charge is -2.07. The zero-order chi connectivity index (χ0) is 23.7. The molecule has 2 heterocycles. The van der Waals surface area contributed by atoms with Gasteiger partial charge in [0.1, 0.15) is 5.75 Å². The standard InChI is InChI=1S/C30H43N3O/c1-2-3-4-5-6-7-8-9-10-11-12-13-14-17-26-34-28-21-19-27(20-22-28)29-23-25-33(32-29)30-18-15-16-24-31-30/h15-16,18-25H,2-14,17,26H2,1H3. The van der Waals surface area contributed by atoms with E-state index in [1.165, 1.54) is 83.5 Å². The zero-order valence-electron chi connectivity index (χ0n) is 21.1. The molecule has 2 aromatic heterocycles. The molecule has 4 nitrogen and oxygen atoms in total. The van der Waals surface area contributed by atoms with Gasteiger partial charge in [0, 0.05) is 18.0 Å². The van der Waals surface area contributed by atoms with Gasteiger partial charge in [0.05, 0.1) is 12.3 Å². The summed E-state index contributed by atoms with van der Waals surface area (Å²) in [5, 5.41) is 4.64. The fraction of sp³-hybridized carbons (Fsp3) is 0.533. The van der Waals surface area contributed by atoms with E-state index >= 15 is 0 Å². The van der Waals surface area contributed by atoms with Crippen molar-refractivity contribution in [2.75, 3.05) is 6.61 Å². The van der Waals surface area contributed by atoms with Crippen LogP contribution in [0.1, 0.15) is 96.8 Å². The summed E-state index contributed by atoms with van der Waals surface area (Å²) in [7, 11) is 0. The van der Waals surface area contributed by atoms with E-state index in [0.717, 1.165) is 35.9 Å². The van der Waals surface area contributed by atoms with Crippen molar-refractivity contribution < 1.29 is 4.74 Å². The molecule has 3 aromatic rings. The van der Waals surface area contributed by atoms with Crippen LogP contribution < -0.4 is 4.74 Å². The molecule has 34 heavy (non-hydrogen) atoms. The van der Waals surface area contributed by atoms with Crippen LogP contribution >= 0.6 is 0 Å². The van der Waals surface area contributed by atoms with Crippen LogP contribution in [0.15, 0.2) is 60.9 Å². The van der Waals surface area contributed by atoms with E-state index in [1.807, 2.05) is 42.6 Å². The van der Waals surface area contributed by atoms with Gasteiger partial charge in [-0.2, -0.15) is 5.10 Å². The highest BCUT2D eigenvalue weighted by Gasteiger charge is 2.05. The van der Waals surface area contributed by atoms with Crippen molar-refractivity contribution >= 4 is 0 Å². The van der Waals surface area contributed by atoms with E-state index in [1.54, 1.807) is 10.9 Å². The third-order valence-corrected chi connectivity index (χ3v) is 6.39. The van der Waals surface area contributed by atoms with Crippen LogP contribution in [0.2, 0.25) is 0 Å². The monoisotopic (exact) mass is 461 g/mol. The first-order valence-electron chi connectivity index (χ1n) is 13.6. The Morgan fingerprint density at radius 1 is 0.676 bits per heavy atom. The van der Waals surface area contributed by atoms with Gasteiger partial charge >= 0.3 is 0 Å². The van der Waals surface area contributed by atoms with E-state index in [0.29, 0.717) is 0 Å². The Bertz CT molecular complexity index is 889. The second-order valence-corrected chi connectivity index (χ2v) is 9.30. The first kappa shape index (κ1) is 26.0. The molecule has 0 bridgehead atoms. The lowest BCUT2D eigenvalue weighted by atomic mass is 10.0. The van der Waals surface area contributed by atoms with Crippen LogP contribution in [0.4, 0.5) is 0 Å². The van der Waals surface area contributed by atoms with Crippen molar-refractivity contribution in [2.45, 2.75) is 96.8 Å². The number of hydrogen-bond donors (Lipinski definition) is 0. The lowest BCUT2D eigenvalue weighted by Crippen LogP contribution is -1.98. The summed E-state index contributed by atoms with van der Waals surface area (Å²) >= 11 is 0. The van der Waals surface area contributed by atoms with Gasteiger partial charge in [-0.15, -0.1) is 0 Å². The molecular formula is C30H43N3O. The van der Waals surface area contributed by atoms with E-state index in [9.17, 15) is 0 Å². The maximum atomic E-state index is 5.94. The topological polar surface area (TPSA) is 39.9 Å². The minimum absolute atomic E-state index is 0.797. The van der Waals surface area contributed by atoms with Crippen LogP contribution in [-0.2, 0) is 0 Å². The SMILES string of the molecule is CCCCCCCCCCCCCCCCOc1ccc(-c2ccn(-c3ccccn3)n2)cc1. The molecule has 0 amide bonds. The summed E-state index contributed by atoms with van der Waals surface area (Å²) in [6.07, 6.45) is 23.0. The molecule has 0 atom stereocenters. The number of benzene rings is 1. The number of aromatic nitrogens is 3. The number of nitrogens with zero attached hydrogens (tertiary/aromatic N) is 3. The van der Waals surface area contributed by atoms with E-state index in [2.05, 4.69) is 29.1 Å². The highest BCUT2D eigenvalue weighted by molar-refractivity contribution is 5.59. The molecule has 0 N–H and O–H groups in total. The van der Waals surface area contributed by atoms with Gasteiger partial charge in [0.2, 0.25) is 0 Å². The highest BCUT2D eigenvalue weighted by Crippen LogP contribution is 2.22. The van der Waals surface area contributed by atoms with Gasteiger partial charge in [-0.1, -0.05) is 96.5 Å². The minimum atomic E-state index is 0.797. The molecule has 0 aliphatic rings. The lowest BCUT2D eigenvalue weighted by molar-refractivity contribution is 0.304. The molecule has 0 aliphatic heterocycles. The Morgan fingerprint density at radius 2 is 1.29 bits per heavy atom. The number of hydrogen-bond acceptors (Lipinski definition) is 3. The van der Waals surface area contributed by atoms with Crippen molar-refractivity contribution in [1.29, 1.82) is 0 Å². The van der Waals surface area contributed by atoms with Gasteiger partial charge in [0.25, 0.3) is 0 Å². The zero-order valence-corrected chi connectivity index (χ0v) is 21.1. The molecular weight excluding hydrogens is 418 g/mol. The molecule has 0 saturated carbocycles. The number of pyridine rings is 1. The molecule has 0 aliphatic carbocycles. The van der Waals surface area contributed by atoms with Gasteiger partial charge < -0.3 is 4.74 Å². The molecule has 184 valence electrons. The maximum absolute atomic E-state index is 5.94. The average Bonchev–Trinajstić information content (AvgIpc) is 3.38. The molecule has 0 spiro atoms. The number of unbranched alkanes of at least 4 members (excludes halogenated alkanes) is 13. The van der Waals surface area contributed by atoms with Crippen LogP contribution in [-0.4, -0.2) is 21.4 Å². The Kier molecular flexibility index (Phi) is 12.3. The van der Waals surface area contributed by atoms with Crippen molar-refractivity contribution in [3.8, 4) is 22.8 Å². The van der Waals surface area contributed by atoms with Crippen molar-refractivity contribution in [2.24, 2.45) is 0 Å². The molecule has 0 radical (unpaired) electrons. The Morgan fingerprint density at radius 3 is 1.88 bits per heavy atom.